The van der Waals surface area contributed by atoms with Gasteiger partial charge >= 0.3 is 0 Å². The smallest absolute Gasteiger partial charge is 0.168 e. The molecule has 3 aromatic rings. The average molecular weight is 426 g/mol. The Bertz CT molecular complexity index is 1030. The lowest BCUT2D eigenvalue weighted by atomic mass is 10.00. The van der Waals surface area contributed by atoms with Crippen molar-refractivity contribution in [1.82, 2.24) is 4.90 Å². The molecule has 0 bridgehead atoms. The van der Waals surface area contributed by atoms with Crippen LogP contribution in [0.25, 0.3) is 11.1 Å². The van der Waals surface area contributed by atoms with Crippen molar-refractivity contribution in [3.8, 4) is 34.1 Å². The molecule has 0 spiro atoms. The highest BCUT2D eigenvalue weighted by atomic mass is 32.1. The Morgan fingerprint density at radius 3 is 2.53 bits per heavy atom. The number of benzene rings is 2. The van der Waals surface area contributed by atoms with E-state index in [1.165, 1.54) is 9.75 Å². The van der Waals surface area contributed by atoms with E-state index in [0.717, 1.165) is 47.8 Å². The molecule has 0 N–H and O–H groups in total. The number of rotatable bonds is 6. The Labute approximate surface area is 181 Å². The number of hydrogen-bond acceptors (Lipinski definition) is 6. The van der Waals surface area contributed by atoms with E-state index in [1.54, 1.807) is 21.3 Å². The summed E-state index contributed by atoms with van der Waals surface area (Å²) in [6.07, 6.45) is 0. The van der Waals surface area contributed by atoms with Crippen molar-refractivity contribution in [3.05, 3.63) is 57.8 Å². The molecule has 2 aromatic carbocycles. The normalized spacial score (nSPS) is 13.9. The van der Waals surface area contributed by atoms with Crippen LogP contribution >= 0.6 is 11.3 Å². The molecular weight excluding hydrogens is 398 g/mol. The first-order valence-electron chi connectivity index (χ1n) is 9.95. The molecular formula is C24H27NO4S. The van der Waals surface area contributed by atoms with Crippen LogP contribution in [-0.2, 0) is 13.1 Å². The molecule has 1 aromatic heterocycles. The van der Waals surface area contributed by atoms with E-state index >= 15 is 0 Å². The first kappa shape index (κ1) is 20.6. The van der Waals surface area contributed by atoms with Crippen molar-refractivity contribution in [2.45, 2.75) is 20.0 Å². The summed E-state index contributed by atoms with van der Waals surface area (Å²) in [4.78, 5) is 5.13. The van der Waals surface area contributed by atoms with Gasteiger partial charge in [0, 0.05) is 40.5 Å². The fourth-order valence-corrected chi connectivity index (χ4v) is 4.82. The summed E-state index contributed by atoms with van der Waals surface area (Å²) in [5.41, 5.74) is 3.08. The number of ether oxygens (including phenoxy) is 4. The number of nitrogens with zero attached hydrogens (tertiary/aromatic N) is 1. The monoisotopic (exact) mass is 425 g/mol. The molecule has 4 rings (SSSR count). The maximum atomic E-state index is 6.12. The zero-order valence-electron chi connectivity index (χ0n) is 17.9. The lowest BCUT2D eigenvalue weighted by molar-refractivity contribution is 0.218. The van der Waals surface area contributed by atoms with Crippen LogP contribution < -0.4 is 18.9 Å². The summed E-state index contributed by atoms with van der Waals surface area (Å²) in [5.74, 6) is 2.98. The highest BCUT2D eigenvalue weighted by molar-refractivity contribution is 7.11. The van der Waals surface area contributed by atoms with Gasteiger partial charge in [-0.1, -0.05) is 12.1 Å². The van der Waals surface area contributed by atoms with Gasteiger partial charge in [-0.05, 0) is 42.8 Å². The molecule has 5 nitrogen and oxygen atoms in total. The third-order valence-corrected chi connectivity index (χ3v) is 6.27. The predicted octanol–water partition coefficient (Wildman–Crippen LogP) is 5.14. The molecule has 1 aliphatic heterocycles. The first-order valence-corrected chi connectivity index (χ1v) is 10.8. The minimum Gasteiger partial charge on any atom is -0.493 e. The lowest BCUT2D eigenvalue weighted by Crippen LogP contribution is -2.24. The standard InChI is InChI=1S/C24H27NO4S/c1-16-8-9-19(30-16)15-25-10-11-29-23-18(14-25)12-17(13-22(23)27-3)20-6-5-7-21(26-2)24(20)28-4/h5-9,12-13H,10-11,14-15H2,1-4H3. The Kier molecular flexibility index (Phi) is 6.16. The highest BCUT2D eigenvalue weighted by Crippen LogP contribution is 2.43. The van der Waals surface area contributed by atoms with Crippen molar-refractivity contribution in [3.63, 3.8) is 0 Å². The van der Waals surface area contributed by atoms with Crippen LogP contribution in [0.1, 0.15) is 15.3 Å². The fourth-order valence-electron chi connectivity index (χ4n) is 3.89. The van der Waals surface area contributed by atoms with Gasteiger partial charge in [0.25, 0.3) is 0 Å². The number of fused-ring (bicyclic) bond motifs is 1. The Balaban J connectivity index is 1.73. The maximum absolute atomic E-state index is 6.12. The van der Waals surface area contributed by atoms with E-state index in [2.05, 4.69) is 30.0 Å². The SMILES string of the molecule is COc1cc(-c2cccc(OC)c2OC)cc2c1OCCN(Cc1ccc(C)s1)C2. The molecule has 0 aliphatic carbocycles. The van der Waals surface area contributed by atoms with E-state index in [0.29, 0.717) is 18.1 Å². The number of hydrogen-bond donors (Lipinski definition) is 0. The van der Waals surface area contributed by atoms with Crippen molar-refractivity contribution in [2.75, 3.05) is 34.5 Å². The van der Waals surface area contributed by atoms with E-state index < -0.39 is 0 Å². The van der Waals surface area contributed by atoms with E-state index in [1.807, 2.05) is 35.6 Å². The summed E-state index contributed by atoms with van der Waals surface area (Å²) in [6, 6.07) is 14.5. The lowest BCUT2D eigenvalue weighted by Gasteiger charge is -2.19. The fraction of sp³-hybridized carbons (Fsp3) is 0.333. The Hall–Kier alpha value is -2.70. The van der Waals surface area contributed by atoms with Gasteiger partial charge < -0.3 is 18.9 Å². The molecule has 0 amide bonds. The largest absolute Gasteiger partial charge is 0.493 e. The third kappa shape index (κ3) is 4.11. The summed E-state index contributed by atoms with van der Waals surface area (Å²) in [6.45, 7) is 5.36. The van der Waals surface area contributed by atoms with E-state index in [9.17, 15) is 0 Å². The van der Waals surface area contributed by atoms with Crippen LogP contribution in [0.3, 0.4) is 0 Å². The van der Waals surface area contributed by atoms with Gasteiger partial charge in [-0.15, -0.1) is 11.3 Å². The summed E-state index contributed by atoms with van der Waals surface area (Å²) in [5, 5.41) is 0. The predicted molar refractivity (Wildman–Crippen MR) is 120 cm³/mol. The number of para-hydroxylation sites is 1. The molecule has 158 valence electrons. The summed E-state index contributed by atoms with van der Waals surface area (Å²) >= 11 is 1.85. The van der Waals surface area contributed by atoms with Gasteiger partial charge in [-0.3, -0.25) is 4.90 Å². The molecule has 0 saturated carbocycles. The second-order valence-corrected chi connectivity index (χ2v) is 8.65. The Morgan fingerprint density at radius 1 is 1.00 bits per heavy atom. The molecule has 0 saturated heterocycles. The van der Waals surface area contributed by atoms with Crippen molar-refractivity contribution >= 4 is 11.3 Å². The van der Waals surface area contributed by atoms with Crippen molar-refractivity contribution < 1.29 is 18.9 Å². The first-order chi connectivity index (χ1) is 14.6. The number of thiophene rings is 1. The van der Waals surface area contributed by atoms with Crippen molar-refractivity contribution in [2.24, 2.45) is 0 Å². The number of aryl methyl sites for hydroxylation is 1. The summed E-state index contributed by atoms with van der Waals surface area (Å²) in [7, 11) is 5.00. The second-order valence-electron chi connectivity index (χ2n) is 7.28. The molecule has 6 heteroatoms. The zero-order chi connectivity index (χ0) is 21.1. The van der Waals surface area contributed by atoms with Crippen LogP contribution in [0.15, 0.2) is 42.5 Å². The number of methoxy groups -OCH3 is 3. The van der Waals surface area contributed by atoms with Gasteiger partial charge in [-0.2, -0.15) is 0 Å². The van der Waals surface area contributed by atoms with Gasteiger partial charge in [-0.25, -0.2) is 0 Å². The molecule has 0 atom stereocenters. The van der Waals surface area contributed by atoms with Gasteiger partial charge in [0.05, 0.1) is 21.3 Å². The molecule has 0 fully saturated rings. The van der Waals surface area contributed by atoms with Gasteiger partial charge in [0.15, 0.2) is 23.0 Å². The zero-order valence-corrected chi connectivity index (χ0v) is 18.7. The molecule has 1 aliphatic rings. The molecule has 0 unspecified atom stereocenters. The highest BCUT2D eigenvalue weighted by Gasteiger charge is 2.22. The molecule has 0 radical (unpaired) electrons. The summed E-state index contributed by atoms with van der Waals surface area (Å²) < 4.78 is 23.0. The van der Waals surface area contributed by atoms with Crippen molar-refractivity contribution in [1.29, 1.82) is 0 Å². The minimum absolute atomic E-state index is 0.634. The maximum Gasteiger partial charge on any atom is 0.168 e. The van der Waals surface area contributed by atoms with Gasteiger partial charge in [0.1, 0.15) is 6.61 Å². The van der Waals surface area contributed by atoms with Crippen LogP contribution in [0.4, 0.5) is 0 Å². The van der Waals surface area contributed by atoms with Crippen LogP contribution in [0.5, 0.6) is 23.0 Å². The topological polar surface area (TPSA) is 40.2 Å². The second kappa shape index (κ2) is 8.98. The quantitative estimate of drug-likeness (QED) is 0.547. The van der Waals surface area contributed by atoms with E-state index in [-0.39, 0.29) is 0 Å². The molecule has 2 heterocycles. The van der Waals surface area contributed by atoms with Crippen LogP contribution in [0.2, 0.25) is 0 Å². The average Bonchev–Trinajstić information content (AvgIpc) is 3.06. The van der Waals surface area contributed by atoms with Crippen LogP contribution in [-0.4, -0.2) is 39.4 Å². The van der Waals surface area contributed by atoms with Gasteiger partial charge in [0.2, 0.25) is 0 Å². The Morgan fingerprint density at radius 2 is 1.83 bits per heavy atom. The van der Waals surface area contributed by atoms with E-state index in [4.69, 9.17) is 18.9 Å². The third-order valence-electron chi connectivity index (χ3n) is 5.29. The molecule has 30 heavy (non-hydrogen) atoms. The van der Waals surface area contributed by atoms with Crippen LogP contribution in [0, 0.1) is 6.92 Å². The minimum atomic E-state index is 0.634.